The van der Waals surface area contributed by atoms with Crippen LogP contribution in [0.1, 0.15) is 32.3 Å². The number of nitrogens with zero attached hydrogens (tertiary/aromatic N) is 3. The van der Waals surface area contributed by atoms with E-state index in [1.54, 1.807) is 0 Å². The van der Waals surface area contributed by atoms with Crippen molar-refractivity contribution >= 4 is 41.5 Å². The minimum absolute atomic E-state index is 0. The molecule has 0 spiro atoms. The summed E-state index contributed by atoms with van der Waals surface area (Å²) in [6, 6.07) is 8.13. The first kappa shape index (κ1) is 26.5. The Morgan fingerprint density at radius 3 is 2.69 bits per heavy atom. The van der Waals surface area contributed by atoms with E-state index < -0.39 is 0 Å². The van der Waals surface area contributed by atoms with E-state index in [0.717, 1.165) is 43.5 Å². The SMILES string of the molecule is CN=C(NCCCN1CCCN(C)CC1)NCC(C)(C)Cc1cccc(Cl)c1.I. The van der Waals surface area contributed by atoms with Gasteiger partial charge in [0.25, 0.3) is 0 Å². The highest BCUT2D eigenvalue weighted by atomic mass is 127. The van der Waals surface area contributed by atoms with Crippen molar-refractivity contribution in [2.24, 2.45) is 10.4 Å². The standard InChI is InChI=1S/C22H38ClN5.HI/c1-22(2,17-19-8-5-9-20(23)16-19)18-26-21(24-3)25-10-6-12-28-13-7-11-27(4)14-15-28;/h5,8-9,16H,6-7,10-15,17-18H2,1-4H3,(H2,24,25,26);1H. The molecule has 1 saturated heterocycles. The van der Waals surface area contributed by atoms with E-state index in [0.29, 0.717) is 0 Å². The molecular formula is C22H39ClIN5. The van der Waals surface area contributed by atoms with Gasteiger partial charge in [-0.25, -0.2) is 0 Å². The topological polar surface area (TPSA) is 42.9 Å². The van der Waals surface area contributed by atoms with Gasteiger partial charge >= 0.3 is 0 Å². The third-order valence-corrected chi connectivity index (χ3v) is 5.52. The van der Waals surface area contributed by atoms with Gasteiger partial charge in [-0.3, -0.25) is 4.99 Å². The van der Waals surface area contributed by atoms with Gasteiger partial charge in [0.15, 0.2) is 5.96 Å². The monoisotopic (exact) mass is 535 g/mol. The Labute approximate surface area is 199 Å². The minimum atomic E-state index is 0. The van der Waals surface area contributed by atoms with Gasteiger partial charge in [0.1, 0.15) is 0 Å². The molecule has 0 aliphatic carbocycles. The van der Waals surface area contributed by atoms with Gasteiger partial charge < -0.3 is 20.4 Å². The maximum absolute atomic E-state index is 6.12. The Morgan fingerprint density at radius 2 is 1.97 bits per heavy atom. The summed E-state index contributed by atoms with van der Waals surface area (Å²) < 4.78 is 0. The number of benzene rings is 1. The minimum Gasteiger partial charge on any atom is -0.356 e. The molecule has 7 heteroatoms. The Balaban J connectivity index is 0.00000420. The van der Waals surface area contributed by atoms with Crippen LogP contribution in [-0.2, 0) is 6.42 Å². The lowest BCUT2D eigenvalue weighted by atomic mass is 9.86. The van der Waals surface area contributed by atoms with Crippen LogP contribution < -0.4 is 10.6 Å². The van der Waals surface area contributed by atoms with E-state index in [4.69, 9.17) is 11.6 Å². The van der Waals surface area contributed by atoms with E-state index in [2.05, 4.69) is 58.5 Å². The molecule has 0 radical (unpaired) electrons. The first-order chi connectivity index (χ1) is 13.4. The Kier molecular flexibility index (Phi) is 12.5. The molecule has 166 valence electrons. The van der Waals surface area contributed by atoms with E-state index in [1.807, 2.05) is 19.2 Å². The molecule has 1 fully saturated rings. The van der Waals surface area contributed by atoms with Crippen molar-refractivity contribution < 1.29 is 0 Å². The van der Waals surface area contributed by atoms with Crippen molar-refractivity contribution in [2.75, 3.05) is 59.9 Å². The van der Waals surface area contributed by atoms with Crippen LogP contribution in [-0.4, -0.2) is 75.7 Å². The zero-order chi connectivity index (χ0) is 20.4. The maximum Gasteiger partial charge on any atom is 0.190 e. The summed E-state index contributed by atoms with van der Waals surface area (Å²) in [5.74, 6) is 0.884. The fourth-order valence-corrected chi connectivity index (χ4v) is 3.85. The van der Waals surface area contributed by atoms with E-state index in [9.17, 15) is 0 Å². The zero-order valence-corrected chi connectivity index (χ0v) is 21.6. The van der Waals surface area contributed by atoms with Crippen LogP contribution in [0.3, 0.4) is 0 Å². The van der Waals surface area contributed by atoms with Gasteiger partial charge in [0.05, 0.1) is 0 Å². The highest BCUT2D eigenvalue weighted by Crippen LogP contribution is 2.22. The molecule has 0 atom stereocenters. The lowest BCUT2D eigenvalue weighted by Crippen LogP contribution is -2.43. The lowest BCUT2D eigenvalue weighted by molar-refractivity contribution is 0.273. The van der Waals surface area contributed by atoms with Crippen LogP contribution in [0, 0.1) is 5.41 Å². The lowest BCUT2D eigenvalue weighted by Gasteiger charge is -2.26. The Morgan fingerprint density at radius 1 is 1.17 bits per heavy atom. The maximum atomic E-state index is 6.12. The molecule has 0 aromatic heterocycles. The van der Waals surface area contributed by atoms with Gasteiger partial charge in [-0.15, -0.1) is 24.0 Å². The molecule has 5 nitrogen and oxygen atoms in total. The predicted octanol–water partition coefficient (Wildman–Crippen LogP) is 3.72. The second kappa shape index (κ2) is 13.7. The second-order valence-corrected chi connectivity index (χ2v) is 9.11. The van der Waals surface area contributed by atoms with Gasteiger partial charge in [-0.05, 0) is 69.1 Å². The average molecular weight is 536 g/mol. The summed E-state index contributed by atoms with van der Waals surface area (Å²) in [6.45, 7) is 12.3. The molecule has 0 bridgehead atoms. The number of guanidine groups is 1. The molecule has 1 aromatic carbocycles. The van der Waals surface area contributed by atoms with Crippen LogP contribution in [0.25, 0.3) is 0 Å². The molecule has 0 saturated carbocycles. The smallest absolute Gasteiger partial charge is 0.190 e. The summed E-state index contributed by atoms with van der Waals surface area (Å²) in [6.07, 6.45) is 3.38. The highest BCUT2D eigenvalue weighted by molar-refractivity contribution is 14.0. The molecule has 0 amide bonds. The quantitative estimate of drug-likeness (QED) is 0.230. The summed E-state index contributed by atoms with van der Waals surface area (Å²) in [5.41, 5.74) is 1.38. The first-order valence-corrected chi connectivity index (χ1v) is 10.9. The molecule has 1 heterocycles. The van der Waals surface area contributed by atoms with Crippen molar-refractivity contribution in [1.82, 2.24) is 20.4 Å². The van der Waals surface area contributed by atoms with Gasteiger partial charge in [-0.2, -0.15) is 0 Å². The molecule has 2 N–H and O–H groups in total. The average Bonchev–Trinajstić information content (AvgIpc) is 2.85. The molecule has 2 rings (SSSR count). The van der Waals surface area contributed by atoms with Crippen LogP contribution in [0.5, 0.6) is 0 Å². The summed E-state index contributed by atoms with van der Waals surface area (Å²) >= 11 is 6.12. The number of rotatable bonds is 8. The third-order valence-electron chi connectivity index (χ3n) is 5.29. The van der Waals surface area contributed by atoms with Gasteiger partial charge in [-0.1, -0.05) is 37.6 Å². The van der Waals surface area contributed by atoms with Crippen molar-refractivity contribution in [3.05, 3.63) is 34.9 Å². The van der Waals surface area contributed by atoms with Gasteiger partial charge in [0.2, 0.25) is 0 Å². The molecule has 0 unspecified atom stereocenters. The second-order valence-electron chi connectivity index (χ2n) is 8.68. The van der Waals surface area contributed by atoms with Crippen LogP contribution in [0.4, 0.5) is 0 Å². The van der Waals surface area contributed by atoms with Crippen molar-refractivity contribution in [3.8, 4) is 0 Å². The zero-order valence-electron chi connectivity index (χ0n) is 18.5. The highest BCUT2D eigenvalue weighted by Gasteiger charge is 2.19. The fraction of sp³-hybridized carbons (Fsp3) is 0.682. The normalized spacial score (nSPS) is 16.8. The molecule has 29 heavy (non-hydrogen) atoms. The Hall–Kier alpha value is -0.570. The van der Waals surface area contributed by atoms with Crippen molar-refractivity contribution in [1.29, 1.82) is 0 Å². The van der Waals surface area contributed by atoms with Crippen LogP contribution >= 0.6 is 35.6 Å². The molecule has 1 aromatic rings. The number of likely N-dealkylation sites (N-methyl/N-ethyl adjacent to an activating group) is 1. The third kappa shape index (κ3) is 10.9. The molecule has 1 aliphatic rings. The number of aliphatic imine (C=N–C) groups is 1. The molecular weight excluding hydrogens is 497 g/mol. The summed E-state index contributed by atoms with van der Waals surface area (Å²) in [4.78, 5) is 9.38. The summed E-state index contributed by atoms with van der Waals surface area (Å²) in [5, 5.41) is 7.74. The van der Waals surface area contributed by atoms with Gasteiger partial charge in [0, 0.05) is 38.2 Å². The number of hydrogen-bond acceptors (Lipinski definition) is 3. The largest absolute Gasteiger partial charge is 0.356 e. The number of halogens is 2. The number of hydrogen-bond donors (Lipinski definition) is 2. The van der Waals surface area contributed by atoms with Crippen LogP contribution in [0.2, 0.25) is 5.02 Å². The van der Waals surface area contributed by atoms with Crippen LogP contribution in [0.15, 0.2) is 29.3 Å². The van der Waals surface area contributed by atoms with E-state index in [1.165, 1.54) is 38.2 Å². The van der Waals surface area contributed by atoms with Crippen molar-refractivity contribution in [2.45, 2.75) is 33.1 Å². The van der Waals surface area contributed by atoms with E-state index in [-0.39, 0.29) is 29.4 Å². The molecule has 1 aliphatic heterocycles. The Bertz CT molecular complexity index is 623. The van der Waals surface area contributed by atoms with Crippen molar-refractivity contribution in [3.63, 3.8) is 0 Å². The number of nitrogens with one attached hydrogen (secondary N) is 2. The first-order valence-electron chi connectivity index (χ1n) is 10.5. The predicted molar refractivity (Wildman–Crippen MR) is 137 cm³/mol. The van der Waals surface area contributed by atoms with E-state index >= 15 is 0 Å². The fourth-order valence-electron chi connectivity index (χ4n) is 3.64. The summed E-state index contributed by atoms with van der Waals surface area (Å²) in [7, 11) is 4.05.